The summed E-state index contributed by atoms with van der Waals surface area (Å²) in [6, 6.07) is 1.46. The van der Waals surface area contributed by atoms with Crippen LogP contribution in [0.25, 0.3) is 5.69 Å². The van der Waals surface area contributed by atoms with Crippen molar-refractivity contribution in [3.8, 4) is 11.4 Å². The third-order valence-corrected chi connectivity index (χ3v) is 5.25. The standard InChI is InChI=1S/C20H16ClF4N3O7/c1-27-13(20(23,24)25)8-15(29)28(18(27)32)11-7-12(9(21)6-10(11)22)35-14-4-3-5-26-19(14,33)16(34-2)17(30)31/h4-8,16,33H,3H2,1-2H3,(H,30,31). The lowest BCUT2D eigenvalue weighted by molar-refractivity contribution is -0.164. The van der Waals surface area contributed by atoms with Crippen molar-refractivity contribution in [2.45, 2.75) is 24.4 Å². The van der Waals surface area contributed by atoms with Crippen LogP contribution in [-0.4, -0.2) is 50.5 Å². The summed E-state index contributed by atoms with van der Waals surface area (Å²) in [4.78, 5) is 40.1. The number of halogens is 5. The zero-order chi connectivity index (χ0) is 26.3. The van der Waals surface area contributed by atoms with Gasteiger partial charge in [-0.3, -0.25) is 14.4 Å². The van der Waals surface area contributed by atoms with E-state index in [1.54, 1.807) is 0 Å². The Kier molecular flexibility index (Phi) is 6.93. The number of aliphatic hydroxyl groups is 1. The normalized spacial score (nSPS) is 18.8. The fraction of sp³-hybridized carbons (Fsp3) is 0.300. The first-order valence-electron chi connectivity index (χ1n) is 9.52. The number of aliphatic imine (C=N–C) groups is 1. The number of rotatable bonds is 6. The first-order chi connectivity index (χ1) is 16.2. The zero-order valence-electron chi connectivity index (χ0n) is 17.8. The Balaban J connectivity index is 2.15. The minimum absolute atomic E-state index is 0.0816. The van der Waals surface area contributed by atoms with E-state index in [0.29, 0.717) is 6.07 Å². The quantitative estimate of drug-likeness (QED) is 0.555. The summed E-state index contributed by atoms with van der Waals surface area (Å²) >= 11 is 5.99. The molecule has 0 saturated carbocycles. The number of carboxylic acid groups (broad SMARTS) is 1. The fourth-order valence-electron chi connectivity index (χ4n) is 3.32. The van der Waals surface area contributed by atoms with Gasteiger partial charge in [-0.05, 0) is 12.1 Å². The van der Waals surface area contributed by atoms with Crippen LogP contribution in [0.2, 0.25) is 5.02 Å². The maximum Gasteiger partial charge on any atom is 0.431 e. The number of dihydropyridines is 1. The van der Waals surface area contributed by atoms with Gasteiger partial charge < -0.3 is 19.7 Å². The van der Waals surface area contributed by atoms with Crippen LogP contribution in [0, 0.1) is 5.82 Å². The minimum atomic E-state index is -5.03. The third-order valence-electron chi connectivity index (χ3n) is 4.96. The van der Waals surface area contributed by atoms with Gasteiger partial charge >= 0.3 is 17.8 Å². The summed E-state index contributed by atoms with van der Waals surface area (Å²) in [6.45, 7) is 0. The molecule has 2 unspecified atom stereocenters. The molecule has 1 aliphatic rings. The molecule has 3 rings (SSSR count). The van der Waals surface area contributed by atoms with Gasteiger partial charge in [0.05, 0.1) is 10.7 Å². The van der Waals surface area contributed by atoms with E-state index in [2.05, 4.69) is 4.99 Å². The SMILES string of the molecule is COC(C(=O)O)C1(O)N=CCC=C1Oc1cc(-n2c(=O)cc(C(F)(F)F)n(C)c2=O)c(F)cc1Cl. The highest BCUT2D eigenvalue weighted by Gasteiger charge is 2.48. The molecule has 1 aliphatic heterocycles. The molecule has 0 fully saturated rings. The Labute approximate surface area is 197 Å². The van der Waals surface area contributed by atoms with Crippen molar-refractivity contribution >= 4 is 23.8 Å². The number of nitrogens with zero attached hydrogens (tertiary/aromatic N) is 3. The second-order valence-corrected chi connectivity index (χ2v) is 7.58. The molecule has 10 nitrogen and oxygen atoms in total. The van der Waals surface area contributed by atoms with Crippen LogP contribution in [0.5, 0.6) is 5.75 Å². The Bertz CT molecular complexity index is 1370. The fourth-order valence-corrected chi connectivity index (χ4v) is 3.51. The summed E-state index contributed by atoms with van der Waals surface area (Å²) in [6.07, 6.45) is -4.47. The molecule has 15 heteroatoms. The van der Waals surface area contributed by atoms with Gasteiger partial charge in [-0.1, -0.05) is 11.6 Å². The van der Waals surface area contributed by atoms with Crippen LogP contribution in [0.1, 0.15) is 12.1 Å². The molecule has 0 saturated heterocycles. The van der Waals surface area contributed by atoms with Crippen molar-refractivity contribution in [3.63, 3.8) is 0 Å². The van der Waals surface area contributed by atoms with Crippen molar-refractivity contribution < 1.29 is 42.0 Å². The minimum Gasteiger partial charge on any atom is -0.479 e. The zero-order valence-corrected chi connectivity index (χ0v) is 18.6. The second-order valence-electron chi connectivity index (χ2n) is 7.17. The number of alkyl halides is 3. The highest BCUT2D eigenvalue weighted by atomic mass is 35.5. The Morgan fingerprint density at radius 2 is 1.94 bits per heavy atom. The monoisotopic (exact) mass is 521 g/mol. The number of ether oxygens (including phenoxy) is 2. The summed E-state index contributed by atoms with van der Waals surface area (Å²) in [5.74, 6) is -3.82. The summed E-state index contributed by atoms with van der Waals surface area (Å²) in [7, 11) is 1.74. The molecule has 1 aromatic carbocycles. The molecule has 0 radical (unpaired) electrons. The predicted octanol–water partition coefficient (Wildman–Crippen LogP) is 1.87. The Morgan fingerprint density at radius 3 is 2.51 bits per heavy atom. The molecule has 0 bridgehead atoms. The highest BCUT2D eigenvalue weighted by Crippen LogP contribution is 2.36. The number of hydrogen-bond donors (Lipinski definition) is 2. The molecule has 35 heavy (non-hydrogen) atoms. The number of carboxylic acids is 1. The van der Waals surface area contributed by atoms with Gasteiger partial charge in [-0.2, -0.15) is 13.2 Å². The maximum absolute atomic E-state index is 14.7. The summed E-state index contributed by atoms with van der Waals surface area (Å²) in [5.41, 5.74) is -7.94. The Hall–Kier alpha value is -3.49. The van der Waals surface area contributed by atoms with Crippen molar-refractivity contribution in [1.82, 2.24) is 9.13 Å². The van der Waals surface area contributed by atoms with Crippen LogP contribution in [0.3, 0.4) is 0 Å². The smallest absolute Gasteiger partial charge is 0.431 e. The second kappa shape index (κ2) is 9.28. The predicted molar refractivity (Wildman–Crippen MR) is 112 cm³/mol. The number of aromatic nitrogens is 2. The molecule has 188 valence electrons. The van der Waals surface area contributed by atoms with Gasteiger partial charge in [0.1, 0.15) is 17.3 Å². The van der Waals surface area contributed by atoms with E-state index in [9.17, 15) is 42.2 Å². The first-order valence-corrected chi connectivity index (χ1v) is 9.90. The average Bonchev–Trinajstić information content (AvgIpc) is 2.74. The Morgan fingerprint density at radius 1 is 1.29 bits per heavy atom. The van der Waals surface area contributed by atoms with Crippen molar-refractivity contribution in [2.75, 3.05) is 7.11 Å². The molecule has 2 N–H and O–H groups in total. The number of methoxy groups -OCH3 is 1. The van der Waals surface area contributed by atoms with E-state index in [0.717, 1.165) is 20.2 Å². The van der Waals surface area contributed by atoms with Gasteiger partial charge in [0.25, 0.3) is 11.3 Å². The molecule has 0 amide bonds. The third kappa shape index (κ3) is 4.72. The van der Waals surface area contributed by atoms with Gasteiger partial charge in [-0.15, -0.1) is 0 Å². The van der Waals surface area contributed by atoms with Crippen LogP contribution < -0.4 is 16.0 Å². The van der Waals surface area contributed by atoms with Crippen LogP contribution in [-0.2, 0) is 22.8 Å². The van der Waals surface area contributed by atoms with Crippen LogP contribution >= 0.6 is 11.6 Å². The number of allylic oxidation sites excluding steroid dienone is 1. The highest BCUT2D eigenvalue weighted by molar-refractivity contribution is 6.32. The van der Waals surface area contributed by atoms with E-state index >= 15 is 0 Å². The molecule has 1 aromatic heterocycles. The maximum atomic E-state index is 14.7. The summed E-state index contributed by atoms with van der Waals surface area (Å²) in [5, 5.41) is 19.8. The molecular weight excluding hydrogens is 506 g/mol. The number of carbonyl (C=O) groups is 1. The van der Waals surface area contributed by atoms with E-state index in [1.165, 1.54) is 12.3 Å². The van der Waals surface area contributed by atoms with E-state index < -0.39 is 69.0 Å². The van der Waals surface area contributed by atoms with Crippen LogP contribution in [0.15, 0.2) is 44.6 Å². The molecule has 0 spiro atoms. The number of benzene rings is 1. The lowest BCUT2D eigenvalue weighted by Crippen LogP contribution is -2.50. The first kappa shape index (κ1) is 26.1. The number of aliphatic carboxylic acids is 1. The number of hydrogen-bond acceptors (Lipinski definition) is 7. The topological polar surface area (TPSA) is 132 Å². The van der Waals surface area contributed by atoms with Crippen molar-refractivity contribution in [3.05, 3.63) is 67.4 Å². The van der Waals surface area contributed by atoms with Gasteiger partial charge in [0, 0.05) is 38.9 Å². The average molecular weight is 522 g/mol. The molecule has 0 aliphatic carbocycles. The van der Waals surface area contributed by atoms with Crippen molar-refractivity contribution in [1.29, 1.82) is 0 Å². The molecular formula is C20H16ClF4N3O7. The molecule has 2 heterocycles. The van der Waals surface area contributed by atoms with E-state index in [1.807, 2.05) is 0 Å². The van der Waals surface area contributed by atoms with E-state index in [-0.39, 0.29) is 21.6 Å². The summed E-state index contributed by atoms with van der Waals surface area (Å²) < 4.78 is 64.6. The largest absolute Gasteiger partial charge is 0.479 e. The lowest BCUT2D eigenvalue weighted by atomic mass is 10.0. The molecule has 2 atom stereocenters. The lowest BCUT2D eigenvalue weighted by Gasteiger charge is -2.32. The van der Waals surface area contributed by atoms with Gasteiger partial charge in [0.15, 0.2) is 5.76 Å². The van der Waals surface area contributed by atoms with Gasteiger partial charge in [0.2, 0.25) is 6.10 Å². The molecule has 2 aromatic rings. The van der Waals surface area contributed by atoms with Crippen LogP contribution in [0.4, 0.5) is 17.6 Å². The van der Waals surface area contributed by atoms with E-state index in [4.69, 9.17) is 21.1 Å². The van der Waals surface area contributed by atoms with Crippen molar-refractivity contribution in [2.24, 2.45) is 12.0 Å². The van der Waals surface area contributed by atoms with Gasteiger partial charge in [-0.25, -0.2) is 18.5 Å².